The van der Waals surface area contributed by atoms with Crippen molar-refractivity contribution in [2.45, 2.75) is 20.3 Å². The first kappa shape index (κ1) is 23.0. The highest BCUT2D eigenvalue weighted by Gasteiger charge is 2.31. The lowest BCUT2D eigenvalue weighted by molar-refractivity contribution is -0.121. The third-order valence-corrected chi connectivity index (χ3v) is 6.54. The number of carbonyl (C=O) groups excluding carboxylic acids is 1. The summed E-state index contributed by atoms with van der Waals surface area (Å²) >= 11 is 6.70. The number of aromatic nitrogens is 2. The number of aryl methyl sites for hydroxylation is 1. The van der Waals surface area contributed by atoms with E-state index in [9.17, 15) is 4.79 Å². The Bertz CT molecular complexity index is 1230. The van der Waals surface area contributed by atoms with Gasteiger partial charge in [-0.2, -0.15) is 5.10 Å². The van der Waals surface area contributed by atoms with Gasteiger partial charge in [0.2, 0.25) is 0 Å². The van der Waals surface area contributed by atoms with Crippen LogP contribution in [0.5, 0.6) is 5.75 Å². The van der Waals surface area contributed by atoms with E-state index in [1.165, 1.54) is 11.8 Å². The number of nitrogens with zero attached hydrogens (tertiary/aromatic N) is 3. The van der Waals surface area contributed by atoms with Gasteiger partial charge in [-0.05, 0) is 55.3 Å². The molecule has 2 aromatic carbocycles. The molecule has 168 valence electrons. The fourth-order valence-electron chi connectivity index (χ4n) is 3.55. The molecule has 0 unspecified atom stereocenters. The van der Waals surface area contributed by atoms with Crippen LogP contribution in [-0.4, -0.2) is 38.1 Å². The standard InChI is InChI=1S/C26H25N3O2S2/c1-4-13-28-25(30)23(33-26(28)32)16-19-17-29(20-9-7-6-8-10-20)27-24(19)22-12-11-21(15-18(22)3)31-14-5-2/h4,6-12,15-17H,1,5,13-14H2,2-3H3. The Kier molecular flexibility index (Phi) is 7.11. The molecule has 4 rings (SSSR count). The van der Waals surface area contributed by atoms with Crippen LogP contribution in [0.4, 0.5) is 0 Å². The van der Waals surface area contributed by atoms with Crippen LogP contribution in [0.2, 0.25) is 0 Å². The molecule has 0 aliphatic carbocycles. The number of ether oxygens (including phenoxy) is 1. The molecule has 0 N–H and O–H groups in total. The van der Waals surface area contributed by atoms with Crippen molar-refractivity contribution in [3.05, 3.63) is 83.4 Å². The van der Waals surface area contributed by atoms with E-state index in [1.807, 2.05) is 72.4 Å². The number of hydrogen-bond donors (Lipinski definition) is 0. The van der Waals surface area contributed by atoms with Crippen molar-refractivity contribution in [3.63, 3.8) is 0 Å². The Labute approximate surface area is 203 Å². The third-order valence-electron chi connectivity index (χ3n) is 5.16. The zero-order chi connectivity index (χ0) is 23.4. The van der Waals surface area contributed by atoms with Gasteiger partial charge in [-0.1, -0.05) is 55.2 Å². The molecule has 1 amide bonds. The summed E-state index contributed by atoms with van der Waals surface area (Å²) in [7, 11) is 0. The summed E-state index contributed by atoms with van der Waals surface area (Å²) in [6.07, 6.45) is 6.46. The van der Waals surface area contributed by atoms with Crippen molar-refractivity contribution < 1.29 is 9.53 Å². The van der Waals surface area contributed by atoms with Gasteiger partial charge in [0, 0.05) is 23.9 Å². The summed E-state index contributed by atoms with van der Waals surface area (Å²) in [4.78, 5) is 15.0. The topological polar surface area (TPSA) is 47.4 Å². The molecule has 1 aliphatic rings. The number of benzene rings is 2. The molecule has 1 aromatic heterocycles. The van der Waals surface area contributed by atoms with Gasteiger partial charge in [0.15, 0.2) is 0 Å². The lowest BCUT2D eigenvalue weighted by Gasteiger charge is -2.10. The molecule has 1 fully saturated rings. The van der Waals surface area contributed by atoms with Crippen LogP contribution >= 0.6 is 24.0 Å². The fourth-order valence-corrected chi connectivity index (χ4v) is 4.82. The van der Waals surface area contributed by atoms with Crippen molar-refractivity contribution in [2.75, 3.05) is 13.2 Å². The molecular formula is C26H25N3O2S2. The molecule has 1 aliphatic heterocycles. The molecule has 5 nitrogen and oxygen atoms in total. The molecule has 0 saturated carbocycles. The number of thioether (sulfide) groups is 1. The van der Waals surface area contributed by atoms with Gasteiger partial charge in [-0.3, -0.25) is 9.69 Å². The second kappa shape index (κ2) is 10.2. The van der Waals surface area contributed by atoms with E-state index in [4.69, 9.17) is 22.1 Å². The maximum Gasteiger partial charge on any atom is 0.266 e. The molecule has 0 bridgehead atoms. The van der Waals surface area contributed by atoms with Crippen molar-refractivity contribution in [1.82, 2.24) is 14.7 Å². The maximum atomic E-state index is 12.9. The van der Waals surface area contributed by atoms with E-state index in [-0.39, 0.29) is 5.91 Å². The minimum atomic E-state index is -0.108. The van der Waals surface area contributed by atoms with Gasteiger partial charge >= 0.3 is 0 Å². The monoisotopic (exact) mass is 475 g/mol. The zero-order valence-corrected chi connectivity index (χ0v) is 20.3. The Morgan fingerprint density at radius 1 is 1.21 bits per heavy atom. The summed E-state index contributed by atoms with van der Waals surface area (Å²) in [5.74, 6) is 0.732. The molecule has 7 heteroatoms. The van der Waals surface area contributed by atoms with Crippen molar-refractivity contribution in [2.24, 2.45) is 0 Å². The van der Waals surface area contributed by atoms with Crippen LogP contribution in [0.25, 0.3) is 23.0 Å². The van der Waals surface area contributed by atoms with Crippen LogP contribution in [0.15, 0.2) is 72.3 Å². The van der Waals surface area contributed by atoms with Crippen LogP contribution in [0.1, 0.15) is 24.5 Å². The zero-order valence-electron chi connectivity index (χ0n) is 18.7. The van der Waals surface area contributed by atoms with Crippen molar-refractivity contribution >= 4 is 40.3 Å². The lowest BCUT2D eigenvalue weighted by atomic mass is 10.0. The summed E-state index contributed by atoms with van der Waals surface area (Å²) in [6.45, 7) is 8.93. The summed E-state index contributed by atoms with van der Waals surface area (Å²) < 4.78 is 8.16. The highest BCUT2D eigenvalue weighted by atomic mass is 32.2. The van der Waals surface area contributed by atoms with Crippen molar-refractivity contribution in [3.8, 4) is 22.7 Å². The maximum absolute atomic E-state index is 12.9. The second-order valence-corrected chi connectivity index (χ2v) is 9.30. The molecule has 0 atom stereocenters. The number of amides is 1. The molecule has 2 heterocycles. The van der Waals surface area contributed by atoms with E-state index in [1.54, 1.807) is 11.0 Å². The number of carbonyl (C=O) groups is 1. The molecular weight excluding hydrogens is 450 g/mol. The van der Waals surface area contributed by atoms with Gasteiger partial charge in [-0.15, -0.1) is 6.58 Å². The molecule has 0 spiro atoms. The predicted molar refractivity (Wildman–Crippen MR) is 140 cm³/mol. The van der Waals surface area contributed by atoms with Gasteiger partial charge in [0.05, 0.1) is 17.2 Å². The Morgan fingerprint density at radius 2 is 2.00 bits per heavy atom. The van der Waals surface area contributed by atoms with Gasteiger partial charge in [0.1, 0.15) is 15.8 Å². The summed E-state index contributed by atoms with van der Waals surface area (Å²) in [5, 5.41) is 4.89. The Hall–Kier alpha value is -3.16. The van der Waals surface area contributed by atoms with Gasteiger partial charge < -0.3 is 4.74 Å². The average Bonchev–Trinajstić information content (AvgIpc) is 3.35. The summed E-state index contributed by atoms with van der Waals surface area (Å²) in [5.41, 5.74) is 4.63. The smallest absolute Gasteiger partial charge is 0.266 e. The van der Waals surface area contributed by atoms with Crippen molar-refractivity contribution in [1.29, 1.82) is 0 Å². The largest absolute Gasteiger partial charge is 0.494 e. The minimum absolute atomic E-state index is 0.108. The molecule has 33 heavy (non-hydrogen) atoms. The average molecular weight is 476 g/mol. The van der Waals surface area contributed by atoms with Crippen LogP contribution < -0.4 is 4.74 Å². The number of rotatable bonds is 8. The Morgan fingerprint density at radius 3 is 2.70 bits per heavy atom. The van der Waals surface area contributed by atoms with Gasteiger partial charge in [0.25, 0.3) is 5.91 Å². The first-order valence-electron chi connectivity index (χ1n) is 10.8. The highest BCUT2D eigenvalue weighted by molar-refractivity contribution is 8.26. The van der Waals surface area contributed by atoms with E-state index in [2.05, 4.69) is 13.5 Å². The summed E-state index contributed by atoms with van der Waals surface area (Å²) in [6, 6.07) is 15.9. The predicted octanol–water partition coefficient (Wildman–Crippen LogP) is 6.02. The first-order valence-corrected chi connectivity index (χ1v) is 12.0. The normalized spacial score (nSPS) is 14.8. The Balaban J connectivity index is 1.79. The van der Waals surface area contributed by atoms with Crippen LogP contribution in [0, 0.1) is 6.92 Å². The number of para-hydroxylation sites is 1. The number of hydrogen-bond acceptors (Lipinski definition) is 5. The fraction of sp³-hybridized carbons (Fsp3) is 0.192. The quantitative estimate of drug-likeness (QED) is 0.226. The van der Waals surface area contributed by atoms with E-state index in [0.717, 1.165) is 40.2 Å². The van der Waals surface area contributed by atoms with Gasteiger partial charge in [-0.25, -0.2) is 4.68 Å². The second-order valence-electron chi connectivity index (χ2n) is 7.62. The molecule has 0 radical (unpaired) electrons. The highest BCUT2D eigenvalue weighted by Crippen LogP contribution is 2.36. The van der Waals surface area contributed by atoms with Crippen LogP contribution in [-0.2, 0) is 4.79 Å². The SMILES string of the molecule is C=CCN1C(=O)C(=Cc2cn(-c3ccccc3)nc2-c2ccc(OCCC)cc2C)SC1=S. The minimum Gasteiger partial charge on any atom is -0.494 e. The van der Waals surface area contributed by atoms with E-state index < -0.39 is 0 Å². The van der Waals surface area contributed by atoms with E-state index in [0.29, 0.717) is 22.4 Å². The molecule has 3 aromatic rings. The number of thiocarbonyl (C=S) groups is 1. The molecule has 1 saturated heterocycles. The lowest BCUT2D eigenvalue weighted by Crippen LogP contribution is -2.27. The first-order chi connectivity index (χ1) is 16.0. The third kappa shape index (κ3) is 4.94. The van der Waals surface area contributed by atoms with Crippen LogP contribution in [0.3, 0.4) is 0 Å². The van der Waals surface area contributed by atoms with E-state index >= 15 is 0 Å².